The van der Waals surface area contributed by atoms with E-state index in [1.165, 1.54) is 58.4 Å². The minimum absolute atomic E-state index is 0.00865. The lowest BCUT2D eigenvalue weighted by atomic mass is 9.87. The van der Waals surface area contributed by atoms with Crippen molar-refractivity contribution in [2.75, 3.05) is 18.6 Å². The monoisotopic (exact) mass is 799 g/mol. The molecule has 0 unspecified atom stereocenters. The summed E-state index contributed by atoms with van der Waals surface area (Å²) in [6.07, 6.45) is 3.91. The smallest absolute Gasteiger partial charge is 0.410 e. The Morgan fingerprint density at radius 1 is 0.912 bits per heavy atom. The van der Waals surface area contributed by atoms with Crippen LogP contribution in [0.25, 0.3) is 0 Å². The van der Waals surface area contributed by atoms with Gasteiger partial charge in [-0.05, 0) is 126 Å². The number of rotatable bonds is 11. The molecule has 304 valence electrons. The van der Waals surface area contributed by atoms with Crippen LogP contribution in [-0.2, 0) is 38.5 Å². The number of likely N-dealkylation sites (N-methyl/N-ethyl adjacent to an activating group) is 1. The molecule has 0 aromatic heterocycles. The van der Waals surface area contributed by atoms with Gasteiger partial charge in [-0.25, -0.2) is 9.59 Å². The molecule has 0 fully saturated rings. The number of amides is 5. The Hall–Kier alpha value is -5.37. The number of fused-ring (bicyclic) bond motifs is 2. The van der Waals surface area contributed by atoms with Gasteiger partial charge < -0.3 is 30.7 Å². The van der Waals surface area contributed by atoms with E-state index < -0.39 is 58.3 Å². The second-order valence-electron chi connectivity index (χ2n) is 16.2. The minimum atomic E-state index is -1.11. The van der Waals surface area contributed by atoms with Crippen molar-refractivity contribution in [1.82, 2.24) is 20.4 Å². The zero-order chi connectivity index (χ0) is 41.8. The van der Waals surface area contributed by atoms with E-state index in [0.717, 1.165) is 30.4 Å². The van der Waals surface area contributed by atoms with Gasteiger partial charge in [0.1, 0.15) is 23.7 Å². The zero-order valence-electron chi connectivity index (χ0n) is 33.8. The van der Waals surface area contributed by atoms with E-state index in [-0.39, 0.29) is 36.0 Å². The van der Waals surface area contributed by atoms with Gasteiger partial charge in [0.25, 0.3) is 5.91 Å². The van der Waals surface area contributed by atoms with Crippen LogP contribution in [-0.4, -0.2) is 92.4 Å². The van der Waals surface area contributed by atoms with Crippen LogP contribution in [0.2, 0.25) is 0 Å². The van der Waals surface area contributed by atoms with Crippen LogP contribution in [0.5, 0.6) is 0 Å². The molecule has 5 amide bonds. The van der Waals surface area contributed by atoms with E-state index in [2.05, 4.69) is 22.0 Å². The predicted octanol–water partition coefficient (Wildman–Crippen LogP) is 5.97. The maximum atomic E-state index is 15.0. The summed E-state index contributed by atoms with van der Waals surface area (Å²) in [4.78, 5) is 83.3. The van der Waals surface area contributed by atoms with Crippen molar-refractivity contribution in [2.24, 2.45) is 0 Å². The number of carboxylic acids is 1. The molecule has 1 heterocycles. The highest BCUT2D eigenvalue weighted by molar-refractivity contribution is 8.00. The largest absolute Gasteiger partial charge is 0.478 e. The van der Waals surface area contributed by atoms with E-state index in [4.69, 9.17) is 4.74 Å². The van der Waals surface area contributed by atoms with Gasteiger partial charge >= 0.3 is 12.1 Å². The maximum absolute atomic E-state index is 15.0. The number of ether oxygens (including phenoxy) is 1. The minimum Gasteiger partial charge on any atom is -0.478 e. The number of carbonyl (C=O) groups excluding carboxylic acids is 5. The second kappa shape index (κ2) is 17.4. The fraction of sp³-hybridized carbons (Fsp3) is 0.442. The SMILES string of the molecule is CSC(C)(C)[C@H](NC(=O)[C@H](C)N(C)C(=O)OC(C)(C)C)C(=O)N1Cc2cc(NC(=O)c3ccc(C(=O)O)cc3)ccc2C[C@H]1C(=O)N[C@@H]1CCCc2ccccc21. The molecule has 13 nitrogen and oxygen atoms in total. The average molecular weight is 800 g/mol. The van der Waals surface area contributed by atoms with Crippen molar-refractivity contribution >= 4 is 53.1 Å². The highest BCUT2D eigenvalue weighted by Crippen LogP contribution is 2.34. The molecular formula is C43H53N5O8S. The first kappa shape index (κ1) is 42.8. The van der Waals surface area contributed by atoms with Crippen molar-refractivity contribution in [2.45, 2.75) is 108 Å². The van der Waals surface area contributed by atoms with E-state index in [1.54, 1.807) is 39.8 Å². The van der Waals surface area contributed by atoms with Crippen LogP contribution < -0.4 is 16.0 Å². The molecule has 0 saturated carbocycles. The summed E-state index contributed by atoms with van der Waals surface area (Å²) in [7, 11) is 1.46. The second-order valence-corrected chi connectivity index (χ2v) is 17.6. The van der Waals surface area contributed by atoms with Crippen LogP contribution >= 0.6 is 11.8 Å². The molecule has 5 rings (SSSR count). The van der Waals surface area contributed by atoms with Crippen LogP contribution in [0.1, 0.15) is 103 Å². The number of nitrogens with zero attached hydrogens (tertiary/aromatic N) is 2. The first-order chi connectivity index (χ1) is 26.8. The fourth-order valence-corrected chi connectivity index (χ4v) is 7.41. The third kappa shape index (κ3) is 10.1. The number of thioether (sulfide) groups is 1. The van der Waals surface area contributed by atoms with Gasteiger partial charge in [0.05, 0.1) is 11.6 Å². The van der Waals surface area contributed by atoms with Gasteiger partial charge in [-0.2, -0.15) is 11.8 Å². The van der Waals surface area contributed by atoms with Gasteiger partial charge in [0, 0.05) is 36.0 Å². The third-order valence-electron chi connectivity index (χ3n) is 10.7. The number of hydrogen-bond acceptors (Lipinski definition) is 8. The number of carbonyl (C=O) groups is 6. The standard InChI is InChI=1S/C43H53N5O8S/c1-25(47(7)41(55)56-42(2,3)4)36(49)46-35(43(5,6)57-8)39(52)48-24-30-22-31(44-37(50)27-16-18-28(19-17-27)40(53)54)21-20-29(30)23-34(48)38(51)45-33-15-11-13-26-12-9-10-14-32(26)33/h9-10,12,14,16-22,25,33-35H,11,13,15,23-24H2,1-8H3,(H,44,50)(H,45,51)(H,46,49)(H,53,54)/t25-,33+,34-,35+/m0/s1. The molecule has 1 aliphatic heterocycles. The first-order valence-corrected chi connectivity index (χ1v) is 20.3. The molecular weight excluding hydrogens is 747 g/mol. The van der Waals surface area contributed by atoms with Crippen LogP contribution in [0.4, 0.5) is 10.5 Å². The normalized spacial score (nSPS) is 17.5. The number of carboxylic acid groups (broad SMARTS) is 1. The van der Waals surface area contributed by atoms with E-state index >= 15 is 0 Å². The van der Waals surface area contributed by atoms with Crippen molar-refractivity contribution in [3.05, 3.63) is 100 Å². The molecule has 57 heavy (non-hydrogen) atoms. The summed E-state index contributed by atoms with van der Waals surface area (Å²) < 4.78 is 4.62. The van der Waals surface area contributed by atoms with Gasteiger partial charge in [0.15, 0.2) is 0 Å². The number of aromatic carboxylic acids is 1. The van der Waals surface area contributed by atoms with Crippen molar-refractivity contribution in [3.8, 4) is 0 Å². The Kier molecular flexibility index (Phi) is 13.1. The molecule has 2 aliphatic rings. The van der Waals surface area contributed by atoms with E-state index in [0.29, 0.717) is 11.3 Å². The van der Waals surface area contributed by atoms with Crippen molar-refractivity contribution in [3.63, 3.8) is 0 Å². The molecule has 0 radical (unpaired) electrons. The number of aryl methyl sites for hydroxylation is 1. The molecule has 1 aliphatic carbocycles. The average Bonchev–Trinajstić information content (AvgIpc) is 3.17. The van der Waals surface area contributed by atoms with Crippen molar-refractivity contribution in [1.29, 1.82) is 0 Å². The molecule has 3 aromatic rings. The van der Waals surface area contributed by atoms with Crippen LogP contribution in [0.15, 0.2) is 66.7 Å². The number of anilines is 1. The van der Waals surface area contributed by atoms with Crippen LogP contribution in [0.3, 0.4) is 0 Å². The predicted molar refractivity (Wildman–Crippen MR) is 219 cm³/mol. The summed E-state index contributed by atoms with van der Waals surface area (Å²) in [5, 5.41) is 18.3. The Balaban J connectivity index is 1.46. The Morgan fingerprint density at radius 3 is 2.23 bits per heavy atom. The van der Waals surface area contributed by atoms with Gasteiger partial charge in [-0.15, -0.1) is 0 Å². The van der Waals surface area contributed by atoms with E-state index in [9.17, 15) is 33.9 Å². The Morgan fingerprint density at radius 2 is 1.58 bits per heavy atom. The molecule has 0 saturated heterocycles. The molecule has 3 aromatic carbocycles. The van der Waals surface area contributed by atoms with Gasteiger partial charge in [-0.3, -0.25) is 24.1 Å². The lowest BCUT2D eigenvalue weighted by Crippen LogP contribution is -2.63. The summed E-state index contributed by atoms with van der Waals surface area (Å²) >= 11 is 1.38. The topological polar surface area (TPSA) is 174 Å². The Bertz CT molecular complexity index is 2030. The lowest BCUT2D eigenvalue weighted by molar-refractivity contribution is -0.145. The molecule has 0 spiro atoms. The third-order valence-corrected chi connectivity index (χ3v) is 11.9. The highest BCUT2D eigenvalue weighted by atomic mass is 32.2. The number of hydrogen-bond donors (Lipinski definition) is 4. The summed E-state index contributed by atoms with van der Waals surface area (Å²) in [5.74, 6) is -2.91. The summed E-state index contributed by atoms with van der Waals surface area (Å²) in [5.41, 5.74) is 3.75. The molecule has 14 heteroatoms. The van der Waals surface area contributed by atoms with Gasteiger partial charge in [-0.1, -0.05) is 30.3 Å². The number of nitrogens with one attached hydrogen (secondary N) is 3. The maximum Gasteiger partial charge on any atom is 0.410 e. The van der Waals surface area contributed by atoms with E-state index in [1.807, 2.05) is 44.4 Å². The fourth-order valence-electron chi connectivity index (χ4n) is 7.01. The zero-order valence-corrected chi connectivity index (χ0v) is 34.6. The Labute approximate surface area is 338 Å². The molecule has 0 bridgehead atoms. The number of benzene rings is 3. The van der Waals surface area contributed by atoms with Gasteiger partial charge in [0.2, 0.25) is 17.7 Å². The molecule has 4 N–H and O–H groups in total. The lowest BCUT2D eigenvalue weighted by Gasteiger charge is -2.42. The van der Waals surface area contributed by atoms with Crippen molar-refractivity contribution < 1.29 is 38.6 Å². The van der Waals surface area contributed by atoms with Crippen LogP contribution in [0, 0.1) is 0 Å². The highest BCUT2D eigenvalue weighted by Gasteiger charge is 2.45. The quantitative estimate of drug-likeness (QED) is 0.182. The molecule has 4 atom stereocenters. The first-order valence-electron chi connectivity index (χ1n) is 19.1. The summed E-state index contributed by atoms with van der Waals surface area (Å²) in [6, 6.07) is 15.7. The summed E-state index contributed by atoms with van der Waals surface area (Å²) in [6.45, 7) is 10.4.